The van der Waals surface area contributed by atoms with Crippen LogP contribution in [0.25, 0.3) is 0 Å². The van der Waals surface area contributed by atoms with Crippen molar-refractivity contribution in [1.82, 2.24) is 0 Å². The average molecular weight is 223 g/mol. The number of amides is 1. The Balaban J connectivity index is 2.45. The van der Waals surface area contributed by atoms with Crippen LogP contribution in [0.4, 0.5) is 0 Å². The maximum absolute atomic E-state index is 10.5. The highest BCUT2D eigenvalue weighted by Crippen LogP contribution is 2.21. The van der Waals surface area contributed by atoms with Crippen LogP contribution in [0.15, 0.2) is 24.3 Å². The Labute approximate surface area is 95.0 Å². The van der Waals surface area contributed by atoms with E-state index in [2.05, 4.69) is 0 Å². The smallest absolute Gasteiger partial charge is 0.217 e. The minimum atomic E-state index is -0.551. The van der Waals surface area contributed by atoms with Crippen molar-refractivity contribution < 1.29 is 14.6 Å². The van der Waals surface area contributed by atoms with E-state index in [1.165, 1.54) is 0 Å². The highest BCUT2D eigenvalue weighted by atomic mass is 16.5. The summed E-state index contributed by atoms with van der Waals surface area (Å²) in [5.41, 5.74) is 5.84. The quantitative estimate of drug-likeness (QED) is 0.765. The lowest BCUT2D eigenvalue weighted by Gasteiger charge is -2.10. The number of methoxy groups -OCH3 is 1. The first-order valence-corrected chi connectivity index (χ1v) is 5.24. The number of carbonyl (C=O) groups is 1. The van der Waals surface area contributed by atoms with Crippen LogP contribution in [0.2, 0.25) is 0 Å². The van der Waals surface area contributed by atoms with Gasteiger partial charge in [0.05, 0.1) is 13.2 Å². The van der Waals surface area contributed by atoms with E-state index in [1.54, 1.807) is 19.2 Å². The Morgan fingerprint density at radius 3 is 2.56 bits per heavy atom. The number of nitrogens with two attached hydrogens (primary N) is 1. The molecule has 0 aromatic heterocycles. The first kappa shape index (κ1) is 12.5. The average Bonchev–Trinajstić information content (AvgIpc) is 2.28. The van der Waals surface area contributed by atoms with Crippen LogP contribution in [0.1, 0.15) is 30.9 Å². The minimum Gasteiger partial charge on any atom is -0.497 e. The van der Waals surface area contributed by atoms with Gasteiger partial charge in [-0.15, -0.1) is 0 Å². The molecule has 0 radical (unpaired) electrons. The molecule has 0 saturated carbocycles. The summed E-state index contributed by atoms with van der Waals surface area (Å²) in [6.07, 6.45) is 0.899. The monoisotopic (exact) mass is 223 g/mol. The van der Waals surface area contributed by atoms with Crippen molar-refractivity contribution in [3.63, 3.8) is 0 Å². The van der Waals surface area contributed by atoms with E-state index in [1.807, 2.05) is 12.1 Å². The maximum atomic E-state index is 10.5. The van der Waals surface area contributed by atoms with Crippen molar-refractivity contribution in [2.24, 2.45) is 5.73 Å². The van der Waals surface area contributed by atoms with Crippen molar-refractivity contribution in [3.8, 4) is 5.75 Å². The van der Waals surface area contributed by atoms with E-state index in [0.29, 0.717) is 19.3 Å². The number of aliphatic hydroxyl groups excluding tert-OH is 1. The van der Waals surface area contributed by atoms with E-state index >= 15 is 0 Å². The van der Waals surface area contributed by atoms with E-state index in [0.717, 1.165) is 11.3 Å². The molecule has 16 heavy (non-hydrogen) atoms. The molecule has 1 unspecified atom stereocenters. The van der Waals surface area contributed by atoms with Crippen molar-refractivity contribution in [1.29, 1.82) is 0 Å². The second kappa shape index (κ2) is 6.12. The highest BCUT2D eigenvalue weighted by molar-refractivity contribution is 5.73. The van der Waals surface area contributed by atoms with E-state index in [-0.39, 0.29) is 5.91 Å². The van der Waals surface area contributed by atoms with Gasteiger partial charge in [0, 0.05) is 6.42 Å². The van der Waals surface area contributed by atoms with Gasteiger partial charge in [-0.1, -0.05) is 12.1 Å². The number of hydrogen-bond donors (Lipinski definition) is 2. The molecule has 4 heteroatoms. The second-order valence-electron chi connectivity index (χ2n) is 3.65. The lowest BCUT2D eigenvalue weighted by molar-refractivity contribution is -0.118. The summed E-state index contributed by atoms with van der Waals surface area (Å²) in [5.74, 6) is 0.426. The Morgan fingerprint density at radius 1 is 1.44 bits per heavy atom. The zero-order valence-corrected chi connectivity index (χ0v) is 9.35. The summed E-state index contributed by atoms with van der Waals surface area (Å²) in [7, 11) is 1.60. The molecule has 0 aliphatic heterocycles. The molecule has 0 saturated heterocycles. The molecule has 4 nitrogen and oxygen atoms in total. The molecular weight excluding hydrogens is 206 g/mol. The van der Waals surface area contributed by atoms with E-state index in [4.69, 9.17) is 10.5 Å². The van der Waals surface area contributed by atoms with Gasteiger partial charge in [0.2, 0.25) is 5.91 Å². The molecule has 3 N–H and O–H groups in total. The third-order valence-corrected chi connectivity index (χ3v) is 2.40. The van der Waals surface area contributed by atoms with E-state index in [9.17, 15) is 9.90 Å². The van der Waals surface area contributed by atoms with Gasteiger partial charge in [-0.3, -0.25) is 4.79 Å². The fourth-order valence-electron chi connectivity index (χ4n) is 1.46. The Morgan fingerprint density at radius 2 is 2.06 bits per heavy atom. The molecule has 1 rings (SSSR count). The van der Waals surface area contributed by atoms with Crippen molar-refractivity contribution in [2.45, 2.75) is 25.4 Å². The van der Waals surface area contributed by atoms with Gasteiger partial charge < -0.3 is 15.6 Å². The van der Waals surface area contributed by atoms with Crippen LogP contribution in [0.5, 0.6) is 5.75 Å². The van der Waals surface area contributed by atoms with Crippen molar-refractivity contribution in [3.05, 3.63) is 29.8 Å². The number of benzene rings is 1. The van der Waals surface area contributed by atoms with Crippen LogP contribution >= 0.6 is 0 Å². The SMILES string of the molecule is COc1ccc(C(O)CCCC(N)=O)cc1. The van der Waals surface area contributed by atoms with Crippen molar-refractivity contribution in [2.75, 3.05) is 7.11 Å². The zero-order chi connectivity index (χ0) is 12.0. The molecule has 1 amide bonds. The molecule has 1 aromatic carbocycles. The Bertz CT molecular complexity index is 335. The lowest BCUT2D eigenvalue weighted by Crippen LogP contribution is -2.10. The van der Waals surface area contributed by atoms with Crippen LogP contribution < -0.4 is 10.5 Å². The normalized spacial score (nSPS) is 12.1. The summed E-state index contributed by atoms with van der Waals surface area (Å²) in [6.45, 7) is 0. The Kier molecular flexibility index (Phi) is 4.79. The van der Waals surface area contributed by atoms with Crippen LogP contribution in [0.3, 0.4) is 0 Å². The number of carbonyl (C=O) groups excluding carboxylic acids is 1. The number of hydrogen-bond acceptors (Lipinski definition) is 3. The third kappa shape index (κ3) is 3.90. The lowest BCUT2D eigenvalue weighted by atomic mass is 10.0. The molecule has 0 aliphatic carbocycles. The maximum Gasteiger partial charge on any atom is 0.217 e. The second-order valence-corrected chi connectivity index (χ2v) is 3.65. The summed E-state index contributed by atoms with van der Waals surface area (Å²) in [4.78, 5) is 10.5. The van der Waals surface area contributed by atoms with Crippen molar-refractivity contribution >= 4 is 5.91 Å². The Hall–Kier alpha value is -1.55. The number of ether oxygens (including phenoxy) is 1. The van der Waals surface area contributed by atoms with Crippen LogP contribution in [0, 0.1) is 0 Å². The van der Waals surface area contributed by atoms with Gasteiger partial charge in [-0.2, -0.15) is 0 Å². The third-order valence-electron chi connectivity index (χ3n) is 2.40. The summed E-state index contributed by atoms with van der Waals surface area (Å²) in [6, 6.07) is 7.22. The fourth-order valence-corrected chi connectivity index (χ4v) is 1.46. The molecule has 1 aromatic rings. The van der Waals surface area contributed by atoms with Crippen LogP contribution in [-0.2, 0) is 4.79 Å². The predicted molar refractivity (Wildman–Crippen MR) is 61.0 cm³/mol. The molecule has 88 valence electrons. The van der Waals surface area contributed by atoms with Gasteiger partial charge in [0.1, 0.15) is 5.75 Å². The topological polar surface area (TPSA) is 72.6 Å². The first-order valence-electron chi connectivity index (χ1n) is 5.24. The fraction of sp³-hybridized carbons (Fsp3) is 0.417. The number of aliphatic hydroxyl groups is 1. The van der Waals surface area contributed by atoms with E-state index < -0.39 is 6.10 Å². The van der Waals surface area contributed by atoms with Gasteiger partial charge >= 0.3 is 0 Å². The number of rotatable bonds is 6. The molecule has 1 atom stereocenters. The predicted octanol–water partition coefficient (Wildman–Crippen LogP) is 1.38. The first-order chi connectivity index (χ1) is 7.63. The highest BCUT2D eigenvalue weighted by Gasteiger charge is 2.07. The molecule has 0 aliphatic rings. The summed E-state index contributed by atoms with van der Waals surface area (Å²) in [5, 5.41) is 9.80. The minimum absolute atomic E-state index is 0.313. The zero-order valence-electron chi connectivity index (χ0n) is 9.35. The molecule has 0 spiro atoms. The van der Waals surface area contributed by atoms with Crippen LogP contribution in [-0.4, -0.2) is 18.1 Å². The van der Waals surface area contributed by atoms with Gasteiger partial charge in [0.25, 0.3) is 0 Å². The standard InChI is InChI=1S/C12H17NO3/c1-16-10-7-5-9(6-8-10)11(14)3-2-4-12(13)15/h5-8,11,14H,2-4H2,1H3,(H2,13,15). The van der Waals surface area contributed by atoms with Gasteiger partial charge in [0.15, 0.2) is 0 Å². The van der Waals surface area contributed by atoms with Gasteiger partial charge in [-0.25, -0.2) is 0 Å². The van der Waals surface area contributed by atoms with Gasteiger partial charge in [-0.05, 0) is 30.5 Å². The molecule has 0 bridgehead atoms. The summed E-state index contributed by atoms with van der Waals surface area (Å²) < 4.78 is 5.02. The molecule has 0 fully saturated rings. The molecular formula is C12H17NO3. The summed E-state index contributed by atoms with van der Waals surface area (Å²) >= 11 is 0. The molecule has 0 heterocycles. The number of primary amides is 1. The largest absolute Gasteiger partial charge is 0.497 e.